The SMILES string of the molecule is OCC[N+](CCO)(Cc1ccccc1)Cc1ccccc1. The molecule has 0 saturated carbocycles. The van der Waals surface area contributed by atoms with Gasteiger partial charge in [-0.2, -0.15) is 0 Å². The molecule has 0 heterocycles. The standard InChI is InChI=1S/C18H24NO2/c20-13-11-19(12-14-21,15-17-7-3-1-4-8-17)16-18-9-5-2-6-10-18/h1-10,20-21H,11-16H2/q+1. The van der Waals surface area contributed by atoms with Gasteiger partial charge in [0.25, 0.3) is 0 Å². The van der Waals surface area contributed by atoms with Crippen molar-refractivity contribution in [3.05, 3.63) is 71.8 Å². The maximum absolute atomic E-state index is 9.49. The highest BCUT2D eigenvalue weighted by Crippen LogP contribution is 2.19. The molecule has 0 aromatic heterocycles. The molecule has 2 aromatic carbocycles. The Balaban J connectivity index is 2.23. The van der Waals surface area contributed by atoms with Gasteiger partial charge in [0.15, 0.2) is 0 Å². The van der Waals surface area contributed by atoms with Crippen LogP contribution >= 0.6 is 0 Å². The second-order valence-electron chi connectivity index (χ2n) is 5.52. The summed E-state index contributed by atoms with van der Waals surface area (Å²) in [5.74, 6) is 0. The van der Waals surface area contributed by atoms with E-state index in [0.717, 1.165) is 13.1 Å². The van der Waals surface area contributed by atoms with E-state index in [0.29, 0.717) is 17.6 Å². The molecular weight excluding hydrogens is 262 g/mol. The van der Waals surface area contributed by atoms with Crippen molar-refractivity contribution < 1.29 is 14.7 Å². The zero-order valence-electron chi connectivity index (χ0n) is 12.4. The van der Waals surface area contributed by atoms with E-state index in [4.69, 9.17) is 0 Å². The molecule has 0 aliphatic carbocycles. The molecule has 0 atom stereocenters. The Morgan fingerprint density at radius 1 is 0.619 bits per heavy atom. The number of hydrogen-bond donors (Lipinski definition) is 2. The van der Waals surface area contributed by atoms with Crippen LogP contribution in [0.15, 0.2) is 60.7 Å². The van der Waals surface area contributed by atoms with E-state index >= 15 is 0 Å². The number of benzene rings is 2. The number of rotatable bonds is 8. The second kappa shape index (κ2) is 7.93. The van der Waals surface area contributed by atoms with Gasteiger partial charge in [-0.05, 0) is 0 Å². The minimum absolute atomic E-state index is 0.125. The maximum atomic E-state index is 9.49. The predicted molar refractivity (Wildman–Crippen MR) is 84.5 cm³/mol. The summed E-state index contributed by atoms with van der Waals surface area (Å²) in [6, 6.07) is 20.6. The number of aliphatic hydroxyl groups excluding tert-OH is 2. The molecule has 0 aliphatic rings. The average molecular weight is 286 g/mol. The van der Waals surface area contributed by atoms with Gasteiger partial charge in [0.1, 0.15) is 26.2 Å². The van der Waals surface area contributed by atoms with Crippen molar-refractivity contribution in [2.45, 2.75) is 13.1 Å². The zero-order valence-corrected chi connectivity index (χ0v) is 12.4. The summed E-state index contributed by atoms with van der Waals surface area (Å²) < 4.78 is 0.668. The van der Waals surface area contributed by atoms with Gasteiger partial charge < -0.3 is 14.7 Å². The van der Waals surface area contributed by atoms with Gasteiger partial charge >= 0.3 is 0 Å². The van der Waals surface area contributed by atoms with Crippen LogP contribution in [0.2, 0.25) is 0 Å². The fourth-order valence-corrected chi connectivity index (χ4v) is 2.85. The molecular formula is C18H24NO2+. The Bertz CT molecular complexity index is 464. The van der Waals surface area contributed by atoms with Crippen LogP contribution in [0.4, 0.5) is 0 Å². The van der Waals surface area contributed by atoms with Crippen molar-refractivity contribution in [1.82, 2.24) is 0 Å². The Morgan fingerprint density at radius 2 is 1.00 bits per heavy atom. The molecule has 3 heteroatoms. The van der Waals surface area contributed by atoms with E-state index in [1.807, 2.05) is 36.4 Å². The first-order valence-corrected chi connectivity index (χ1v) is 7.43. The molecule has 0 spiro atoms. The third-order valence-corrected chi connectivity index (χ3v) is 3.87. The number of quaternary nitrogens is 1. The van der Waals surface area contributed by atoms with Gasteiger partial charge in [0.05, 0.1) is 13.2 Å². The van der Waals surface area contributed by atoms with E-state index in [-0.39, 0.29) is 13.2 Å². The molecule has 2 N–H and O–H groups in total. The Morgan fingerprint density at radius 3 is 1.33 bits per heavy atom. The first-order valence-electron chi connectivity index (χ1n) is 7.43. The van der Waals surface area contributed by atoms with E-state index in [1.54, 1.807) is 0 Å². The summed E-state index contributed by atoms with van der Waals surface area (Å²) in [5, 5.41) is 19.0. The monoisotopic (exact) mass is 286 g/mol. The van der Waals surface area contributed by atoms with Crippen LogP contribution in [0.1, 0.15) is 11.1 Å². The molecule has 0 saturated heterocycles. The van der Waals surface area contributed by atoms with Crippen molar-refractivity contribution in [2.75, 3.05) is 26.3 Å². The first-order chi connectivity index (χ1) is 10.3. The third kappa shape index (κ3) is 4.67. The highest BCUT2D eigenvalue weighted by atomic mass is 16.3. The maximum Gasteiger partial charge on any atom is 0.105 e. The fourth-order valence-electron chi connectivity index (χ4n) is 2.85. The van der Waals surface area contributed by atoms with Gasteiger partial charge in [-0.15, -0.1) is 0 Å². The van der Waals surface area contributed by atoms with Gasteiger partial charge in [0.2, 0.25) is 0 Å². The average Bonchev–Trinajstić information content (AvgIpc) is 2.50. The lowest BCUT2D eigenvalue weighted by molar-refractivity contribution is -0.954. The molecule has 0 radical (unpaired) electrons. The number of nitrogens with zero attached hydrogens (tertiary/aromatic N) is 1. The second-order valence-corrected chi connectivity index (χ2v) is 5.52. The van der Waals surface area contributed by atoms with Crippen molar-refractivity contribution in [1.29, 1.82) is 0 Å². The van der Waals surface area contributed by atoms with Crippen LogP contribution in [0.5, 0.6) is 0 Å². The lowest BCUT2D eigenvalue weighted by atomic mass is 10.1. The minimum Gasteiger partial charge on any atom is -0.391 e. The van der Waals surface area contributed by atoms with E-state index < -0.39 is 0 Å². The van der Waals surface area contributed by atoms with Crippen LogP contribution < -0.4 is 0 Å². The first kappa shape index (κ1) is 15.7. The normalized spacial score (nSPS) is 11.5. The lowest BCUT2D eigenvalue weighted by Crippen LogP contribution is -2.50. The van der Waals surface area contributed by atoms with Crippen LogP contribution in [0, 0.1) is 0 Å². The fraction of sp³-hybridized carbons (Fsp3) is 0.333. The predicted octanol–water partition coefficient (Wildman–Crippen LogP) is 2.19. The molecule has 21 heavy (non-hydrogen) atoms. The summed E-state index contributed by atoms with van der Waals surface area (Å²) in [7, 11) is 0. The zero-order chi connectivity index (χ0) is 15.0. The molecule has 112 valence electrons. The molecule has 0 unspecified atom stereocenters. The Hall–Kier alpha value is -1.68. The van der Waals surface area contributed by atoms with Crippen LogP contribution in [0.25, 0.3) is 0 Å². The highest BCUT2D eigenvalue weighted by molar-refractivity contribution is 5.15. The summed E-state index contributed by atoms with van der Waals surface area (Å²) >= 11 is 0. The number of hydrogen-bond acceptors (Lipinski definition) is 2. The quantitative estimate of drug-likeness (QED) is 0.730. The summed E-state index contributed by atoms with van der Waals surface area (Å²) in [6.07, 6.45) is 0. The van der Waals surface area contributed by atoms with Gasteiger partial charge in [-0.25, -0.2) is 0 Å². The van der Waals surface area contributed by atoms with Gasteiger partial charge in [0, 0.05) is 11.1 Å². The summed E-state index contributed by atoms with van der Waals surface area (Å²) in [4.78, 5) is 0. The van der Waals surface area contributed by atoms with Crippen LogP contribution in [-0.4, -0.2) is 41.0 Å². The Labute approximate surface area is 126 Å². The van der Waals surface area contributed by atoms with Gasteiger partial charge in [-0.3, -0.25) is 0 Å². The van der Waals surface area contributed by atoms with Crippen LogP contribution in [-0.2, 0) is 13.1 Å². The summed E-state index contributed by atoms with van der Waals surface area (Å²) in [5.41, 5.74) is 2.46. The van der Waals surface area contributed by atoms with E-state index in [1.165, 1.54) is 11.1 Å². The molecule has 2 aromatic rings. The van der Waals surface area contributed by atoms with E-state index in [2.05, 4.69) is 24.3 Å². The minimum atomic E-state index is 0.125. The van der Waals surface area contributed by atoms with Crippen molar-refractivity contribution in [2.24, 2.45) is 0 Å². The van der Waals surface area contributed by atoms with Crippen molar-refractivity contribution in [3.8, 4) is 0 Å². The number of aliphatic hydroxyl groups is 2. The van der Waals surface area contributed by atoms with Crippen LogP contribution in [0.3, 0.4) is 0 Å². The molecule has 0 amide bonds. The molecule has 3 nitrogen and oxygen atoms in total. The Kier molecular flexibility index (Phi) is 5.93. The molecule has 0 fully saturated rings. The molecule has 0 aliphatic heterocycles. The third-order valence-electron chi connectivity index (χ3n) is 3.87. The van der Waals surface area contributed by atoms with Gasteiger partial charge in [-0.1, -0.05) is 60.7 Å². The topological polar surface area (TPSA) is 40.5 Å². The van der Waals surface area contributed by atoms with Crippen molar-refractivity contribution in [3.63, 3.8) is 0 Å². The van der Waals surface area contributed by atoms with Crippen molar-refractivity contribution >= 4 is 0 Å². The molecule has 2 rings (SSSR count). The highest BCUT2D eigenvalue weighted by Gasteiger charge is 2.27. The van der Waals surface area contributed by atoms with E-state index in [9.17, 15) is 10.2 Å². The largest absolute Gasteiger partial charge is 0.391 e. The lowest BCUT2D eigenvalue weighted by Gasteiger charge is -2.38. The smallest absolute Gasteiger partial charge is 0.105 e. The summed E-state index contributed by atoms with van der Waals surface area (Å²) in [6.45, 7) is 3.17. The molecule has 0 bridgehead atoms.